The van der Waals surface area contributed by atoms with Gasteiger partial charge in [0.05, 0.1) is 17.4 Å². The van der Waals surface area contributed by atoms with Gasteiger partial charge in [-0.05, 0) is 20.8 Å². The van der Waals surface area contributed by atoms with Crippen molar-refractivity contribution >= 4 is 24.8 Å². The molecule has 13 heavy (non-hydrogen) atoms. The Kier molecular flexibility index (Phi) is 6.32. The molecule has 1 aromatic heterocycles. The van der Waals surface area contributed by atoms with E-state index in [0.717, 1.165) is 5.69 Å². The Labute approximate surface area is 90.7 Å². The van der Waals surface area contributed by atoms with Gasteiger partial charge in [-0.2, -0.15) is 0 Å². The topological polar surface area (TPSA) is 56.7 Å². The van der Waals surface area contributed by atoms with Crippen LogP contribution < -0.4 is 5.73 Å². The van der Waals surface area contributed by atoms with Gasteiger partial charge in [-0.1, -0.05) is 5.21 Å². The van der Waals surface area contributed by atoms with E-state index in [1.165, 1.54) is 0 Å². The van der Waals surface area contributed by atoms with Crippen LogP contribution in [0.1, 0.15) is 26.5 Å². The van der Waals surface area contributed by atoms with E-state index < -0.39 is 0 Å². The summed E-state index contributed by atoms with van der Waals surface area (Å²) in [6.07, 6.45) is 1.88. The fourth-order valence-corrected chi connectivity index (χ4v) is 0.720. The Bertz CT molecular complexity index is 241. The van der Waals surface area contributed by atoms with Crippen LogP contribution in [0.4, 0.5) is 0 Å². The molecule has 0 spiro atoms. The molecule has 0 aromatic carbocycles. The largest absolute Gasteiger partial charge is 0.325 e. The number of hydrogen-bond donors (Lipinski definition) is 1. The first-order chi connectivity index (χ1) is 5.04. The van der Waals surface area contributed by atoms with Gasteiger partial charge in [0, 0.05) is 6.54 Å². The molecule has 6 heteroatoms. The van der Waals surface area contributed by atoms with Gasteiger partial charge < -0.3 is 5.73 Å². The Morgan fingerprint density at radius 2 is 1.92 bits per heavy atom. The average Bonchev–Trinajstić information content (AvgIpc) is 2.32. The highest BCUT2D eigenvalue weighted by molar-refractivity contribution is 5.85. The molecule has 0 atom stereocenters. The molecule has 1 rings (SSSR count). The molecule has 78 valence electrons. The first kappa shape index (κ1) is 15.2. The molecule has 0 saturated heterocycles. The maximum Gasteiger partial charge on any atom is 0.0962 e. The van der Waals surface area contributed by atoms with Crippen LogP contribution in [0.2, 0.25) is 0 Å². The molecule has 4 nitrogen and oxygen atoms in total. The second-order valence-corrected chi connectivity index (χ2v) is 3.53. The molecule has 0 radical (unpaired) electrons. The fourth-order valence-electron chi connectivity index (χ4n) is 0.720. The zero-order chi connectivity index (χ0) is 8.48. The van der Waals surface area contributed by atoms with Crippen molar-refractivity contribution in [3.8, 4) is 0 Å². The number of nitrogens with zero attached hydrogens (tertiary/aromatic N) is 3. The van der Waals surface area contributed by atoms with Crippen molar-refractivity contribution in [2.45, 2.75) is 32.9 Å². The first-order valence-corrected chi connectivity index (χ1v) is 3.66. The monoisotopic (exact) mass is 226 g/mol. The summed E-state index contributed by atoms with van der Waals surface area (Å²) in [6, 6.07) is 0. The van der Waals surface area contributed by atoms with Crippen LogP contribution in [0, 0.1) is 0 Å². The molecule has 0 saturated carbocycles. The normalized spacial score (nSPS) is 10.2. The molecular formula is C7H16Cl2N4. The first-order valence-electron chi connectivity index (χ1n) is 3.66. The van der Waals surface area contributed by atoms with Crippen LogP contribution in [0.25, 0.3) is 0 Å². The van der Waals surface area contributed by atoms with Gasteiger partial charge in [0.25, 0.3) is 0 Å². The van der Waals surface area contributed by atoms with Crippen LogP contribution in [0.15, 0.2) is 6.20 Å². The lowest BCUT2D eigenvalue weighted by atomic mass is 10.1. The van der Waals surface area contributed by atoms with Gasteiger partial charge in [0.2, 0.25) is 0 Å². The summed E-state index contributed by atoms with van der Waals surface area (Å²) in [6.45, 7) is 6.67. The number of halogens is 2. The Hall–Kier alpha value is -0.320. The average molecular weight is 227 g/mol. The summed E-state index contributed by atoms with van der Waals surface area (Å²) in [5, 5.41) is 7.83. The van der Waals surface area contributed by atoms with Crippen molar-refractivity contribution in [1.82, 2.24) is 15.0 Å². The van der Waals surface area contributed by atoms with Crippen molar-refractivity contribution in [2.24, 2.45) is 5.73 Å². The number of rotatable bonds is 1. The Morgan fingerprint density at radius 1 is 1.38 bits per heavy atom. The summed E-state index contributed by atoms with van der Waals surface area (Å²) in [4.78, 5) is 0. The van der Waals surface area contributed by atoms with E-state index in [4.69, 9.17) is 5.73 Å². The third kappa shape index (κ3) is 3.93. The lowest BCUT2D eigenvalue weighted by Crippen LogP contribution is -2.22. The lowest BCUT2D eigenvalue weighted by Gasteiger charge is -2.17. The van der Waals surface area contributed by atoms with Gasteiger partial charge >= 0.3 is 0 Å². The minimum Gasteiger partial charge on any atom is -0.325 e. The minimum atomic E-state index is 0. The predicted octanol–water partition coefficient (Wildman–Crippen LogP) is 1.34. The summed E-state index contributed by atoms with van der Waals surface area (Å²) >= 11 is 0. The second-order valence-electron chi connectivity index (χ2n) is 3.53. The molecule has 0 amide bonds. The van der Waals surface area contributed by atoms with E-state index in [-0.39, 0.29) is 30.4 Å². The SMILES string of the molecule is CC(C)(C)n1cc(CN)nn1.Cl.Cl. The Morgan fingerprint density at radius 3 is 2.15 bits per heavy atom. The number of nitrogens with two attached hydrogens (primary N) is 1. The molecule has 2 N–H and O–H groups in total. The highest BCUT2D eigenvalue weighted by atomic mass is 35.5. The highest BCUT2D eigenvalue weighted by Gasteiger charge is 2.13. The molecule has 0 aliphatic heterocycles. The number of aromatic nitrogens is 3. The zero-order valence-electron chi connectivity index (χ0n) is 8.02. The summed E-state index contributed by atoms with van der Waals surface area (Å²) in [7, 11) is 0. The van der Waals surface area contributed by atoms with Crippen LogP contribution in [-0.4, -0.2) is 15.0 Å². The third-order valence-corrected chi connectivity index (χ3v) is 1.44. The van der Waals surface area contributed by atoms with Gasteiger partial charge in [-0.25, -0.2) is 4.68 Å². The maximum absolute atomic E-state index is 5.39. The summed E-state index contributed by atoms with van der Waals surface area (Å²) in [5.74, 6) is 0. The van der Waals surface area contributed by atoms with E-state index >= 15 is 0 Å². The minimum absolute atomic E-state index is 0. The van der Waals surface area contributed by atoms with Crippen LogP contribution >= 0.6 is 24.8 Å². The van der Waals surface area contributed by atoms with Crippen LogP contribution in [0.3, 0.4) is 0 Å². The zero-order valence-corrected chi connectivity index (χ0v) is 9.65. The molecule has 0 aliphatic rings. The van der Waals surface area contributed by atoms with E-state index in [2.05, 4.69) is 31.1 Å². The summed E-state index contributed by atoms with van der Waals surface area (Å²) in [5.41, 5.74) is 6.22. The van der Waals surface area contributed by atoms with E-state index in [1.807, 2.05) is 10.9 Å². The Balaban J connectivity index is 0. The van der Waals surface area contributed by atoms with Crippen molar-refractivity contribution in [3.63, 3.8) is 0 Å². The number of hydrogen-bond acceptors (Lipinski definition) is 3. The van der Waals surface area contributed by atoms with Crippen LogP contribution in [0.5, 0.6) is 0 Å². The van der Waals surface area contributed by atoms with Crippen molar-refractivity contribution in [2.75, 3.05) is 0 Å². The molecule has 1 heterocycles. The van der Waals surface area contributed by atoms with Crippen molar-refractivity contribution in [3.05, 3.63) is 11.9 Å². The standard InChI is InChI=1S/C7H14N4.2ClH/c1-7(2,3)11-5-6(4-8)9-10-11;;/h5H,4,8H2,1-3H3;2*1H. The van der Waals surface area contributed by atoms with Crippen molar-refractivity contribution < 1.29 is 0 Å². The van der Waals surface area contributed by atoms with Crippen LogP contribution in [-0.2, 0) is 12.1 Å². The quantitative estimate of drug-likeness (QED) is 0.787. The highest BCUT2D eigenvalue weighted by Crippen LogP contribution is 2.11. The molecule has 0 bridgehead atoms. The lowest BCUT2D eigenvalue weighted by molar-refractivity contribution is 0.347. The molecular weight excluding hydrogens is 211 g/mol. The molecule has 0 fully saturated rings. The van der Waals surface area contributed by atoms with Gasteiger partial charge in [0.1, 0.15) is 0 Å². The van der Waals surface area contributed by atoms with Crippen molar-refractivity contribution in [1.29, 1.82) is 0 Å². The molecule has 0 unspecified atom stereocenters. The second kappa shape index (κ2) is 5.42. The van der Waals surface area contributed by atoms with E-state index in [0.29, 0.717) is 6.54 Å². The van der Waals surface area contributed by atoms with Gasteiger partial charge in [0.15, 0.2) is 0 Å². The van der Waals surface area contributed by atoms with E-state index in [9.17, 15) is 0 Å². The predicted molar refractivity (Wildman–Crippen MR) is 57.4 cm³/mol. The third-order valence-electron chi connectivity index (χ3n) is 1.44. The molecule has 1 aromatic rings. The van der Waals surface area contributed by atoms with Gasteiger partial charge in [-0.3, -0.25) is 0 Å². The fraction of sp³-hybridized carbons (Fsp3) is 0.714. The molecule has 0 aliphatic carbocycles. The maximum atomic E-state index is 5.39. The smallest absolute Gasteiger partial charge is 0.0962 e. The van der Waals surface area contributed by atoms with E-state index in [1.54, 1.807) is 0 Å². The summed E-state index contributed by atoms with van der Waals surface area (Å²) < 4.78 is 1.81. The van der Waals surface area contributed by atoms with Gasteiger partial charge in [-0.15, -0.1) is 29.9 Å².